The first kappa shape index (κ1) is 19.3. The number of carbonyl (C=O) groups excluding carboxylic acids is 3. The number of nitrogens with one attached hydrogen (secondary N) is 2. The number of methoxy groups -OCH3 is 1. The van der Waals surface area contributed by atoms with E-state index in [1.165, 1.54) is 7.11 Å². The van der Waals surface area contributed by atoms with Crippen molar-refractivity contribution in [1.29, 1.82) is 0 Å². The van der Waals surface area contributed by atoms with Crippen molar-refractivity contribution in [3.05, 3.63) is 22.8 Å². The van der Waals surface area contributed by atoms with Crippen molar-refractivity contribution >= 4 is 52.2 Å². The maximum absolute atomic E-state index is 12.6. The number of amides is 3. The lowest BCUT2D eigenvalue weighted by Crippen LogP contribution is -2.69. The summed E-state index contributed by atoms with van der Waals surface area (Å²) in [7, 11) is 2.91. The summed E-state index contributed by atoms with van der Waals surface area (Å²) in [5, 5.41) is 10.5. The third-order valence-corrected chi connectivity index (χ3v) is 5.94. The van der Waals surface area contributed by atoms with Gasteiger partial charge < -0.3 is 25.1 Å². The fourth-order valence-electron chi connectivity index (χ4n) is 2.63. The first-order valence-corrected chi connectivity index (χ1v) is 9.72. The van der Waals surface area contributed by atoms with Gasteiger partial charge in [0.15, 0.2) is 10.8 Å². The van der Waals surface area contributed by atoms with Gasteiger partial charge in [0, 0.05) is 24.4 Å². The number of hydrogen-bond donors (Lipinski definition) is 2. The topological polar surface area (TPSA) is 122 Å². The van der Waals surface area contributed by atoms with Gasteiger partial charge in [0.25, 0.3) is 11.8 Å². The van der Waals surface area contributed by atoms with Crippen LogP contribution in [0.5, 0.6) is 0 Å². The molecule has 1 fully saturated rings. The number of β-lactam (4-membered cyclic amide) rings is 1. The molecular formula is C15H17N5O5S2. The first-order chi connectivity index (χ1) is 13.1. The standard InChI is InChI=1S/C15H17N5O5S2/c1-24-4-8-3-20-13(23)11(14(20)26-5-8)18-12(22)10(19-25-2)9-6-27-15(17-9)16-7-21/h3,6-7,11,14H,4-5H2,1-2H3,(H,18,22)(H,16,17,21)/t11?,14-/m1/s1. The predicted octanol–water partition coefficient (Wildman–Crippen LogP) is -0.00790. The number of fused-ring (bicyclic) bond motifs is 1. The van der Waals surface area contributed by atoms with E-state index in [0.717, 1.165) is 22.7 Å². The third kappa shape index (κ3) is 3.96. The Morgan fingerprint density at radius 2 is 2.33 bits per heavy atom. The summed E-state index contributed by atoms with van der Waals surface area (Å²) in [6.45, 7) is 0.464. The SMILES string of the molecule is COCC1=CN2C(=O)C(NC(=O)C(=NOC)c3csc(NC=O)n3)[C@H]2SC1. The van der Waals surface area contributed by atoms with Crippen molar-refractivity contribution in [2.45, 2.75) is 11.4 Å². The summed E-state index contributed by atoms with van der Waals surface area (Å²) in [6, 6.07) is -0.656. The summed E-state index contributed by atoms with van der Waals surface area (Å²) in [4.78, 5) is 45.9. The molecule has 0 aliphatic carbocycles. The third-order valence-electron chi connectivity index (χ3n) is 3.78. The number of anilines is 1. The molecule has 12 heteroatoms. The minimum Gasteiger partial charge on any atom is -0.398 e. The number of thioether (sulfide) groups is 1. The highest BCUT2D eigenvalue weighted by Crippen LogP contribution is 2.36. The molecule has 1 saturated heterocycles. The normalized spacial score (nSPS) is 21.7. The molecule has 0 radical (unpaired) electrons. The number of oxime groups is 1. The van der Waals surface area contributed by atoms with Crippen molar-refractivity contribution < 1.29 is 24.0 Å². The Hall–Kier alpha value is -2.44. The van der Waals surface area contributed by atoms with E-state index in [2.05, 4.69) is 20.8 Å². The Labute approximate surface area is 163 Å². The van der Waals surface area contributed by atoms with Crippen LogP contribution in [-0.2, 0) is 24.0 Å². The molecule has 2 aliphatic heterocycles. The molecule has 0 bridgehead atoms. The summed E-state index contributed by atoms with van der Waals surface area (Å²) < 4.78 is 5.09. The van der Waals surface area contributed by atoms with Gasteiger partial charge in [-0.15, -0.1) is 23.1 Å². The zero-order chi connectivity index (χ0) is 19.4. The van der Waals surface area contributed by atoms with Crippen LogP contribution in [0.3, 0.4) is 0 Å². The van der Waals surface area contributed by atoms with Gasteiger partial charge in [0.2, 0.25) is 6.41 Å². The molecule has 3 heterocycles. The molecule has 2 atom stereocenters. The van der Waals surface area contributed by atoms with Gasteiger partial charge in [-0.25, -0.2) is 4.98 Å². The van der Waals surface area contributed by atoms with E-state index in [4.69, 9.17) is 9.57 Å². The van der Waals surface area contributed by atoms with E-state index in [1.54, 1.807) is 35.4 Å². The average Bonchev–Trinajstić information content (AvgIpc) is 3.12. The van der Waals surface area contributed by atoms with Gasteiger partial charge >= 0.3 is 0 Å². The molecule has 1 aromatic rings. The fraction of sp³-hybridized carbons (Fsp3) is 0.400. The second-order valence-electron chi connectivity index (χ2n) is 5.54. The zero-order valence-electron chi connectivity index (χ0n) is 14.5. The van der Waals surface area contributed by atoms with Crippen molar-refractivity contribution in [1.82, 2.24) is 15.2 Å². The van der Waals surface area contributed by atoms with Crippen molar-refractivity contribution in [3.8, 4) is 0 Å². The first-order valence-electron chi connectivity index (χ1n) is 7.79. The van der Waals surface area contributed by atoms with E-state index in [-0.39, 0.29) is 22.7 Å². The summed E-state index contributed by atoms with van der Waals surface area (Å²) >= 11 is 2.69. The number of thiazole rings is 1. The molecular weight excluding hydrogens is 394 g/mol. The molecule has 1 aromatic heterocycles. The molecule has 0 aromatic carbocycles. The average molecular weight is 411 g/mol. The summed E-state index contributed by atoms with van der Waals surface area (Å²) in [5.74, 6) is -0.0573. The number of carbonyl (C=O) groups is 3. The van der Waals surface area contributed by atoms with Gasteiger partial charge in [-0.2, -0.15) is 0 Å². The van der Waals surface area contributed by atoms with Gasteiger partial charge in [0.1, 0.15) is 24.2 Å². The van der Waals surface area contributed by atoms with Crippen LogP contribution in [0.25, 0.3) is 0 Å². The minimum absolute atomic E-state index is 0.0737. The van der Waals surface area contributed by atoms with Crippen molar-refractivity contribution in [2.24, 2.45) is 5.16 Å². The monoisotopic (exact) mass is 411 g/mol. The molecule has 144 valence electrons. The molecule has 3 rings (SSSR count). The molecule has 2 aliphatic rings. The van der Waals surface area contributed by atoms with Crippen LogP contribution < -0.4 is 10.6 Å². The molecule has 27 heavy (non-hydrogen) atoms. The molecule has 1 unspecified atom stereocenters. The Bertz CT molecular complexity index is 808. The maximum Gasteiger partial charge on any atom is 0.276 e. The van der Waals surface area contributed by atoms with Crippen LogP contribution >= 0.6 is 23.1 Å². The lowest BCUT2D eigenvalue weighted by Gasteiger charge is -2.47. The van der Waals surface area contributed by atoms with Crippen LogP contribution in [0.15, 0.2) is 22.3 Å². The van der Waals surface area contributed by atoms with E-state index < -0.39 is 11.9 Å². The molecule has 10 nitrogen and oxygen atoms in total. The Morgan fingerprint density at radius 3 is 3.04 bits per heavy atom. The lowest BCUT2D eigenvalue weighted by molar-refractivity contribution is -0.143. The Morgan fingerprint density at radius 1 is 1.52 bits per heavy atom. The highest BCUT2D eigenvalue weighted by molar-refractivity contribution is 8.00. The molecule has 0 saturated carbocycles. The molecule has 2 N–H and O–H groups in total. The van der Waals surface area contributed by atoms with Crippen molar-refractivity contribution in [2.75, 3.05) is 31.9 Å². The number of hydrogen-bond acceptors (Lipinski definition) is 9. The fourth-order valence-corrected chi connectivity index (χ4v) is 4.53. The Kier molecular flexibility index (Phi) is 6.08. The minimum atomic E-state index is -0.656. The highest BCUT2D eigenvalue weighted by atomic mass is 32.2. The molecule has 0 spiro atoms. The smallest absolute Gasteiger partial charge is 0.276 e. The van der Waals surface area contributed by atoms with Crippen LogP contribution in [0.4, 0.5) is 5.13 Å². The van der Waals surface area contributed by atoms with Crippen LogP contribution in [-0.4, -0.2) is 71.8 Å². The number of nitrogens with zero attached hydrogens (tertiary/aromatic N) is 3. The lowest BCUT2D eigenvalue weighted by atomic mass is 10.1. The molecule has 3 amide bonds. The van der Waals surface area contributed by atoms with Gasteiger partial charge in [-0.05, 0) is 5.57 Å². The van der Waals surface area contributed by atoms with Gasteiger partial charge in [-0.3, -0.25) is 14.4 Å². The number of rotatable bonds is 8. The van der Waals surface area contributed by atoms with E-state index >= 15 is 0 Å². The quantitative estimate of drug-likeness (QED) is 0.267. The van der Waals surface area contributed by atoms with Crippen LogP contribution in [0, 0.1) is 0 Å². The Balaban J connectivity index is 1.69. The summed E-state index contributed by atoms with van der Waals surface area (Å²) in [5.41, 5.74) is 1.18. The number of aromatic nitrogens is 1. The van der Waals surface area contributed by atoms with Gasteiger partial charge in [-0.1, -0.05) is 5.16 Å². The van der Waals surface area contributed by atoms with Crippen LogP contribution in [0.1, 0.15) is 5.69 Å². The van der Waals surface area contributed by atoms with E-state index in [0.29, 0.717) is 18.1 Å². The van der Waals surface area contributed by atoms with Crippen LogP contribution in [0.2, 0.25) is 0 Å². The second kappa shape index (κ2) is 8.50. The largest absolute Gasteiger partial charge is 0.398 e. The number of ether oxygens (including phenoxy) is 1. The highest BCUT2D eigenvalue weighted by Gasteiger charge is 2.49. The zero-order valence-corrected chi connectivity index (χ0v) is 16.1. The maximum atomic E-state index is 12.6. The van der Waals surface area contributed by atoms with E-state index in [9.17, 15) is 14.4 Å². The second-order valence-corrected chi connectivity index (χ2v) is 7.50. The summed E-state index contributed by atoms with van der Waals surface area (Å²) in [6.07, 6.45) is 2.26. The van der Waals surface area contributed by atoms with E-state index in [1.807, 2.05) is 0 Å². The van der Waals surface area contributed by atoms with Gasteiger partial charge in [0.05, 0.1) is 6.61 Å². The predicted molar refractivity (Wildman–Crippen MR) is 100 cm³/mol. The van der Waals surface area contributed by atoms with Crippen molar-refractivity contribution in [3.63, 3.8) is 0 Å².